The lowest BCUT2D eigenvalue weighted by atomic mass is 10.2. The molecule has 5 nitrogen and oxygen atoms in total. The second-order valence-corrected chi connectivity index (χ2v) is 3.24. The Hall–Kier alpha value is -1.98. The number of carbonyl (C=O) groups excluding carboxylic acids is 1. The first-order valence-corrected chi connectivity index (χ1v) is 4.53. The van der Waals surface area contributed by atoms with Crippen molar-refractivity contribution in [2.75, 3.05) is 0 Å². The van der Waals surface area contributed by atoms with Crippen molar-refractivity contribution < 1.29 is 18.8 Å². The molecule has 16 heavy (non-hydrogen) atoms. The van der Waals surface area contributed by atoms with Gasteiger partial charge in [-0.1, -0.05) is 0 Å². The second-order valence-electron chi connectivity index (χ2n) is 3.24. The molecule has 1 aromatic carbocycles. The van der Waals surface area contributed by atoms with Crippen molar-refractivity contribution in [1.29, 1.82) is 0 Å². The van der Waals surface area contributed by atoms with Gasteiger partial charge in [0, 0.05) is 12.1 Å². The molecule has 1 atom stereocenters. The van der Waals surface area contributed by atoms with Gasteiger partial charge in [0.1, 0.15) is 5.82 Å². The van der Waals surface area contributed by atoms with Crippen LogP contribution in [0.1, 0.15) is 13.8 Å². The number of halogens is 1. The largest absolute Gasteiger partial charge is 0.476 e. The molecular formula is C10H10FNO4. The predicted octanol–water partition coefficient (Wildman–Crippen LogP) is 2.09. The van der Waals surface area contributed by atoms with Gasteiger partial charge in [0.15, 0.2) is 11.9 Å². The van der Waals surface area contributed by atoms with Crippen molar-refractivity contribution in [3.63, 3.8) is 0 Å². The Morgan fingerprint density at radius 1 is 1.56 bits per heavy atom. The molecule has 0 aromatic heterocycles. The third-order valence-corrected chi connectivity index (χ3v) is 1.99. The number of carbonyl (C=O) groups is 1. The van der Waals surface area contributed by atoms with E-state index < -0.39 is 16.8 Å². The van der Waals surface area contributed by atoms with Gasteiger partial charge in [0.2, 0.25) is 5.75 Å². The van der Waals surface area contributed by atoms with Gasteiger partial charge in [-0.3, -0.25) is 14.9 Å². The van der Waals surface area contributed by atoms with E-state index in [4.69, 9.17) is 4.74 Å². The number of ether oxygens (including phenoxy) is 1. The van der Waals surface area contributed by atoms with E-state index in [-0.39, 0.29) is 17.2 Å². The summed E-state index contributed by atoms with van der Waals surface area (Å²) in [6, 6.07) is 2.85. The van der Waals surface area contributed by atoms with Crippen LogP contribution in [0.2, 0.25) is 0 Å². The van der Waals surface area contributed by atoms with E-state index in [1.807, 2.05) is 0 Å². The average Bonchev–Trinajstić information content (AvgIpc) is 2.16. The Morgan fingerprint density at radius 3 is 2.69 bits per heavy atom. The second kappa shape index (κ2) is 4.69. The first-order chi connectivity index (χ1) is 7.41. The summed E-state index contributed by atoms with van der Waals surface area (Å²) in [6.07, 6.45) is -0.847. The monoisotopic (exact) mass is 227 g/mol. The SMILES string of the molecule is CC(=O)C(C)Oc1cc(F)ccc1[N+](=O)[O-]. The fourth-order valence-electron chi connectivity index (χ4n) is 1.01. The maximum absolute atomic E-state index is 12.9. The molecule has 1 aromatic rings. The molecule has 86 valence electrons. The quantitative estimate of drug-likeness (QED) is 0.583. The van der Waals surface area contributed by atoms with Crippen LogP contribution in [0.25, 0.3) is 0 Å². The van der Waals surface area contributed by atoms with E-state index in [1.54, 1.807) is 0 Å². The highest BCUT2D eigenvalue weighted by atomic mass is 19.1. The molecular weight excluding hydrogens is 217 g/mol. The maximum Gasteiger partial charge on any atom is 0.311 e. The summed E-state index contributed by atoms with van der Waals surface area (Å²) in [5.41, 5.74) is -0.366. The summed E-state index contributed by atoms with van der Waals surface area (Å²) < 4.78 is 17.9. The first kappa shape index (κ1) is 12.1. The molecule has 0 spiro atoms. The van der Waals surface area contributed by atoms with Crippen molar-refractivity contribution in [3.8, 4) is 5.75 Å². The molecule has 0 saturated heterocycles. The highest BCUT2D eigenvalue weighted by Crippen LogP contribution is 2.28. The minimum atomic E-state index is -0.847. The number of Topliss-reactive ketones (excluding diaryl/α,β-unsaturated/α-hetero) is 1. The molecule has 0 aliphatic carbocycles. The minimum absolute atomic E-state index is 0.243. The van der Waals surface area contributed by atoms with Crippen LogP contribution < -0.4 is 4.74 Å². The van der Waals surface area contributed by atoms with Crippen LogP contribution in [-0.2, 0) is 4.79 Å². The van der Waals surface area contributed by atoms with Gasteiger partial charge >= 0.3 is 5.69 Å². The Morgan fingerprint density at radius 2 is 2.19 bits per heavy atom. The highest BCUT2D eigenvalue weighted by molar-refractivity contribution is 5.80. The molecule has 0 radical (unpaired) electrons. The third kappa shape index (κ3) is 2.75. The van der Waals surface area contributed by atoms with E-state index in [0.29, 0.717) is 0 Å². The lowest BCUT2D eigenvalue weighted by molar-refractivity contribution is -0.386. The summed E-state index contributed by atoms with van der Waals surface area (Å²) in [4.78, 5) is 20.8. The number of rotatable bonds is 4. The van der Waals surface area contributed by atoms with Crippen molar-refractivity contribution in [2.45, 2.75) is 20.0 Å². The topological polar surface area (TPSA) is 69.4 Å². The average molecular weight is 227 g/mol. The van der Waals surface area contributed by atoms with Crippen LogP contribution in [0.15, 0.2) is 18.2 Å². The van der Waals surface area contributed by atoms with Gasteiger partial charge in [0.05, 0.1) is 4.92 Å². The third-order valence-electron chi connectivity index (χ3n) is 1.99. The zero-order valence-corrected chi connectivity index (χ0v) is 8.77. The van der Waals surface area contributed by atoms with Gasteiger partial charge in [-0.2, -0.15) is 0 Å². The fourth-order valence-corrected chi connectivity index (χ4v) is 1.01. The van der Waals surface area contributed by atoms with Gasteiger partial charge in [-0.15, -0.1) is 0 Å². The number of hydrogen-bond acceptors (Lipinski definition) is 4. The molecule has 0 aliphatic heterocycles. The van der Waals surface area contributed by atoms with E-state index in [9.17, 15) is 19.3 Å². The number of nitro benzene ring substituents is 1. The Balaban J connectivity index is 3.05. The molecule has 0 N–H and O–H groups in total. The van der Waals surface area contributed by atoms with Crippen molar-refractivity contribution in [1.82, 2.24) is 0 Å². The van der Waals surface area contributed by atoms with E-state index in [2.05, 4.69) is 0 Å². The summed E-state index contributed by atoms with van der Waals surface area (Å²) in [7, 11) is 0. The van der Waals surface area contributed by atoms with Gasteiger partial charge in [-0.25, -0.2) is 4.39 Å². The summed E-state index contributed by atoms with van der Waals surface area (Å²) in [6.45, 7) is 2.73. The number of hydrogen-bond donors (Lipinski definition) is 0. The van der Waals surface area contributed by atoms with Gasteiger partial charge < -0.3 is 4.74 Å². The van der Waals surface area contributed by atoms with Crippen LogP contribution in [0.5, 0.6) is 5.75 Å². The lowest BCUT2D eigenvalue weighted by Crippen LogP contribution is -2.21. The molecule has 0 bridgehead atoms. The van der Waals surface area contributed by atoms with Gasteiger partial charge in [0.25, 0.3) is 0 Å². The highest BCUT2D eigenvalue weighted by Gasteiger charge is 2.19. The summed E-state index contributed by atoms with van der Waals surface area (Å²) >= 11 is 0. The van der Waals surface area contributed by atoms with E-state index in [0.717, 1.165) is 18.2 Å². The van der Waals surface area contributed by atoms with Crippen molar-refractivity contribution in [3.05, 3.63) is 34.1 Å². The van der Waals surface area contributed by atoms with E-state index in [1.165, 1.54) is 13.8 Å². The van der Waals surface area contributed by atoms with Crippen LogP contribution in [0.3, 0.4) is 0 Å². The minimum Gasteiger partial charge on any atom is -0.476 e. The summed E-state index contributed by atoms with van der Waals surface area (Å²) in [5.74, 6) is -1.19. The molecule has 0 saturated carbocycles. The zero-order valence-electron chi connectivity index (χ0n) is 8.77. The van der Waals surface area contributed by atoms with E-state index >= 15 is 0 Å². The number of nitro groups is 1. The molecule has 0 heterocycles. The van der Waals surface area contributed by atoms with Gasteiger partial charge in [-0.05, 0) is 19.9 Å². The Labute approximate surface area is 91.0 Å². The van der Waals surface area contributed by atoms with Crippen LogP contribution >= 0.6 is 0 Å². The maximum atomic E-state index is 12.9. The zero-order chi connectivity index (χ0) is 12.3. The van der Waals surface area contributed by atoms with Crippen molar-refractivity contribution in [2.24, 2.45) is 0 Å². The predicted molar refractivity (Wildman–Crippen MR) is 53.8 cm³/mol. The molecule has 6 heteroatoms. The standard InChI is InChI=1S/C10H10FNO4/c1-6(13)7(2)16-10-5-8(11)3-4-9(10)12(14)15/h3-5,7H,1-2H3. The fraction of sp³-hybridized carbons (Fsp3) is 0.300. The first-order valence-electron chi connectivity index (χ1n) is 4.53. The molecule has 0 aliphatic rings. The number of ketones is 1. The van der Waals surface area contributed by atoms with Crippen LogP contribution in [0.4, 0.5) is 10.1 Å². The number of nitrogens with zero attached hydrogens (tertiary/aromatic N) is 1. The van der Waals surface area contributed by atoms with Crippen LogP contribution in [0, 0.1) is 15.9 Å². The molecule has 0 amide bonds. The normalized spacial score (nSPS) is 11.9. The Bertz CT molecular complexity index is 433. The smallest absolute Gasteiger partial charge is 0.311 e. The number of benzene rings is 1. The molecule has 1 rings (SSSR count). The Kier molecular flexibility index (Phi) is 3.55. The van der Waals surface area contributed by atoms with Crippen molar-refractivity contribution >= 4 is 11.5 Å². The van der Waals surface area contributed by atoms with Crippen LogP contribution in [-0.4, -0.2) is 16.8 Å². The summed E-state index contributed by atoms with van der Waals surface area (Å²) in [5, 5.41) is 10.6. The molecule has 0 fully saturated rings. The lowest BCUT2D eigenvalue weighted by Gasteiger charge is -2.11. The molecule has 1 unspecified atom stereocenters.